The lowest BCUT2D eigenvalue weighted by Gasteiger charge is -2.44. The zero-order valence-corrected chi connectivity index (χ0v) is 25.0. The van der Waals surface area contributed by atoms with Crippen molar-refractivity contribution in [3.63, 3.8) is 0 Å². The van der Waals surface area contributed by atoms with E-state index in [9.17, 15) is 50.1 Å². The molecule has 6 rings (SSSR count). The molecule has 0 amide bonds. The monoisotopic (exact) mass is 644 g/mol. The number of aliphatic hydroxyl groups excluding tert-OH is 4. The van der Waals surface area contributed by atoms with Gasteiger partial charge in [-0.15, -0.1) is 0 Å². The topological polar surface area (TPSA) is 230 Å². The maximum Gasteiger partial charge on any atom is 0.198 e. The van der Waals surface area contributed by atoms with Crippen LogP contribution in [0.25, 0.3) is 0 Å². The summed E-state index contributed by atoms with van der Waals surface area (Å²) in [6.07, 6.45) is -10.9. The predicted octanol–water partition coefficient (Wildman–Crippen LogP) is -0.0927. The first-order valence-corrected chi connectivity index (χ1v) is 15.1. The minimum Gasteiger partial charge on any atom is -0.507 e. The van der Waals surface area contributed by atoms with Crippen molar-refractivity contribution in [2.75, 3.05) is 6.61 Å². The molecule has 46 heavy (non-hydrogen) atoms. The van der Waals surface area contributed by atoms with E-state index >= 15 is 0 Å². The highest BCUT2D eigenvalue weighted by molar-refractivity contribution is 6.30. The smallest absolute Gasteiger partial charge is 0.198 e. The Labute approximate surface area is 262 Å². The van der Waals surface area contributed by atoms with Crippen molar-refractivity contribution in [1.82, 2.24) is 0 Å². The molecular weight excluding hydrogens is 608 g/mol. The molecule has 2 aromatic rings. The Morgan fingerprint density at radius 3 is 2.04 bits per heavy atom. The summed E-state index contributed by atoms with van der Waals surface area (Å²) in [7, 11) is 0. The molecule has 0 saturated carbocycles. The standard InChI is InChI=1S/C32H36O14/c1-12-26(37)17(34)7-22(43-12)46-31-13(2)44-21(8-18(31)35)45-19-10-32(42,20(36)11-33)9-16-23(19)30(41)25-24(29(16)40)27(38)14-5-3-4-6-15(14)28(25)39/h3-6,12-13,17-19,21-22,26,31,33-35,37,40-42H,7-11H2,1-2H3/t12?,13?,17?,18?,19-,21?,22?,26?,31?,32-/m0/s1. The average Bonchev–Trinajstić information content (AvgIpc) is 3.01. The summed E-state index contributed by atoms with van der Waals surface area (Å²) in [5.74, 6) is -3.85. The number of rotatable bonds is 6. The zero-order chi connectivity index (χ0) is 33.2. The lowest BCUT2D eigenvalue weighted by atomic mass is 9.72. The highest BCUT2D eigenvalue weighted by Gasteiger charge is 2.50. The van der Waals surface area contributed by atoms with Crippen LogP contribution in [0.3, 0.4) is 0 Å². The number of phenols is 2. The van der Waals surface area contributed by atoms with Crippen LogP contribution in [0.2, 0.25) is 0 Å². The second-order valence-electron chi connectivity index (χ2n) is 12.4. The van der Waals surface area contributed by atoms with Gasteiger partial charge >= 0.3 is 0 Å². The fourth-order valence-corrected chi connectivity index (χ4v) is 6.93. The van der Waals surface area contributed by atoms with Gasteiger partial charge in [0.1, 0.15) is 35.9 Å². The van der Waals surface area contributed by atoms with Gasteiger partial charge in [-0.05, 0) is 13.8 Å². The van der Waals surface area contributed by atoms with Crippen molar-refractivity contribution in [3.8, 4) is 11.5 Å². The minimum absolute atomic E-state index is 0.00841. The zero-order valence-electron chi connectivity index (χ0n) is 25.0. The van der Waals surface area contributed by atoms with E-state index in [0.29, 0.717) is 0 Å². The van der Waals surface area contributed by atoms with Gasteiger partial charge in [-0.3, -0.25) is 14.4 Å². The number of hydrogen-bond donors (Lipinski definition) is 7. The van der Waals surface area contributed by atoms with E-state index < -0.39 is 120 Å². The molecule has 0 bridgehead atoms. The average molecular weight is 645 g/mol. The third-order valence-corrected chi connectivity index (χ3v) is 9.38. The van der Waals surface area contributed by atoms with Crippen LogP contribution in [0, 0.1) is 0 Å². The molecule has 8 unspecified atom stereocenters. The Balaban J connectivity index is 1.31. The second-order valence-corrected chi connectivity index (χ2v) is 12.4. The van der Waals surface area contributed by atoms with Gasteiger partial charge in [-0.25, -0.2) is 0 Å². The molecule has 2 heterocycles. The number of hydrogen-bond acceptors (Lipinski definition) is 14. The fraction of sp³-hybridized carbons (Fsp3) is 0.531. The maximum absolute atomic E-state index is 13.5. The van der Waals surface area contributed by atoms with Crippen LogP contribution in [0.1, 0.15) is 82.2 Å². The van der Waals surface area contributed by atoms with E-state index in [1.54, 1.807) is 26.0 Å². The third kappa shape index (κ3) is 5.33. The van der Waals surface area contributed by atoms with Gasteiger partial charge in [0.2, 0.25) is 0 Å². The molecule has 2 aromatic carbocycles. The molecule has 14 heteroatoms. The summed E-state index contributed by atoms with van der Waals surface area (Å²) in [5, 5.41) is 75.0. The summed E-state index contributed by atoms with van der Waals surface area (Å²) < 4.78 is 23.6. The number of ether oxygens (including phenoxy) is 4. The molecule has 248 valence electrons. The van der Waals surface area contributed by atoms with E-state index in [-0.39, 0.29) is 35.1 Å². The first-order chi connectivity index (χ1) is 21.7. The van der Waals surface area contributed by atoms with Crippen molar-refractivity contribution in [2.45, 2.75) is 100 Å². The molecule has 0 aromatic heterocycles. The molecule has 2 aliphatic carbocycles. The SMILES string of the molecule is CC1OC(OC2C(O)CC(O[C@H]3C[C@](O)(C(=O)CO)Cc4c(O)c5c(c(O)c43)C(=O)c3ccccc3C5=O)OC2C)CC(O)C1O. The molecule has 4 aliphatic rings. The molecule has 0 radical (unpaired) electrons. The molecule has 0 spiro atoms. The number of aliphatic hydroxyl groups is 5. The summed E-state index contributed by atoms with van der Waals surface area (Å²) in [5.41, 5.74) is -3.56. The Kier molecular flexibility index (Phi) is 8.54. The first kappa shape index (κ1) is 32.6. The Hall–Kier alpha value is -3.31. The maximum atomic E-state index is 13.5. The lowest BCUT2D eigenvalue weighted by molar-refractivity contribution is -0.317. The summed E-state index contributed by atoms with van der Waals surface area (Å²) >= 11 is 0. The Morgan fingerprint density at radius 2 is 1.46 bits per heavy atom. The van der Waals surface area contributed by atoms with Gasteiger partial charge in [-0.1, -0.05) is 24.3 Å². The molecule has 7 N–H and O–H groups in total. The fourth-order valence-electron chi connectivity index (χ4n) is 6.93. The summed E-state index contributed by atoms with van der Waals surface area (Å²) in [6, 6.07) is 5.91. The van der Waals surface area contributed by atoms with Crippen LogP contribution in [-0.4, -0.2) is 115 Å². The van der Waals surface area contributed by atoms with E-state index in [0.717, 1.165) is 0 Å². The number of carbonyl (C=O) groups excluding carboxylic acids is 3. The van der Waals surface area contributed by atoms with Crippen LogP contribution in [-0.2, 0) is 30.2 Å². The predicted molar refractivity (Wildman–Crippen MR) is 153 cm³/mol. The first-order valence-electron chi connectivity index (χ1n) is 15.1. The van der Waals surface area contributed by atoms with Gasteiger partial charge in [0.15, 0.2) is 29.9 Å². The summed E-state index contributed by atoms with van der Waals surface area (Å²) in [6.45, 7) is 2.11. The quantitative estimate of drug-likeness (QED) is 0.174. The highest BCUT2D eigenvalue weighted by Crippen LogP contribution is 2.52. The Morgan fingerprint density at radius 1 is 0.891 bits per heavy atom. The normalized spacial score (nSPS) is 35.7. The van der Waals surface area contributed by atoms with Gasteiger partial charge < -0.3 is 54.7 Å². The number of carbonyl (C=O) groups is 3. The van der Waals surface area contributed by atoms with Gasteiger partial charge in [-0.2, -0.15) is 0 Å². The van der Waals surface area contributed by atoms with Crippen molar-refractivity contribution < 1.29 is 69.1 Å². The molecule has 2 aliphatic heterocycles. The molecule has 2 saturated heterocycles. The number of benzene rings is 2. The largest absolute Gasteiger partial charge is 0.507 e. The van der Waals surface area contributed by atoms with Crippen LogP contribution in [0.4, 0.5) is 0 Å². The molecular formula is C32H36O14. The van der Waals surface area contributed by atoms with Crippen molar-refractivity contribution in [2.24, 2.45) is 0 Å². The second kappa shape index (κ2) is 12.0. The molecule has 14 nitrogen and oxygen atoms in total. The summed E-state index contributed by atoms with van der Waals surface area (Å²) in [4.78, 5) is 39.7. The third-order valence-electron chi connectivity index (χ3n) is 9.38. The van der Waals surface area contributed by atoms with Crippen molar-refractivity contribution >= 4 is 17.3 Å². The number of phenolic OH excluding ortho intramolecular Hbond substituents is 2. The van der Waals surface area contributed by atoms with Crippen LogP contribution in [0.5, 0.6) is 11.5 Å². The van der Waals surface area contributed by atoms with E-state index in [1.165, 1.54) is 12.1 Å². The van der Waals surface area contributed by atoms with Crippen LogP contribution < -0.4 is 0 Å². The van der Waals surface area contributed by atoms with Crippen LogP contribution in [0.15, 0.2) is 24.3 Å². The van der Waals surface area contributed by atoms with Crippen molar-refractivity contribution in [3.05, 3.63) is 57.6 Å². The number of Topliss-reactive ketones (excluding diaryl/α,β-unsaturated/α-hetero) is 1. The number of ketones is 3. The van der Waals surface area contributed by atoms with E-state index in [4.69, 9.17) is 18.9 Å². The van der Waals surface area contributed by atoms with Gasteiger partial charge in [0, 0.05) is 47.9 Å². The van der Waals surface area contributed by atoms with Crippen molar-refractivity contribution in [1.29, 1.82) is 0 Å². The minimum atomic E-state index is -2.30. The number of aromatic hydroxyl groups is 2. The van der Waals surface area contributed by atoms with Crippen LogP contribution >= 0.6 is 0 Å². The van der Waals surface area contributed by atoms with E-state index in [2.05, 4.69) is 0 Å². The number of fused-ring (bicyclic) bond motifs is 3. The van der Waals surface area contributed by atoms with Gasteiger partial charge in [0.25, 0.3) is 0 Å². The molecule has 2 fully saturated rings. The van der Waals surface area contributed by atoms with E-state index in [1.807, 2.05) is 0 Å². The Bertz CT molecular complexity index is 1550. The highest BCUT2D eigenvalue weighted by atomic mass is 16.7. The lowest BCUT2D eigenvalue weighted by Crippen LogP contribution is -2.54. The van der Waals surface area contributed by atoms with Gasteiger partial charge in [0.05, 0.1) is 41.6 Å². The molecule has 10 atom stereocenters.